The van der Waals surface area contributed by atoms with Gasteiger partial charge in [-0.3, -0.25) is 0 Å². The van der Waals surface area contributed by atoms with E-state index < -0.39 is 0 Å². The average Bonchev–Trinajstić information content (AvgIpc) is 0.918. The summed E-state index contributed by atoms with van der Waals surface area (Å²) in [6, 6.07) is 0. The average molecular weight is 84.5 g/mol. The molecule has 0 amide bonds. The summed E-state index contributed by atoms with van der Waals surface area (Å²) in [7, 11) is 0.417. The molecule has 4 heavy (non-hydrogen) atoms. The van der Waals surface area contributed by atoms with Crippen LogP contribution >= 0.6 is 0 Å². The molecule has 0 heterocycles. The Balaban J connectivity index is 0. The van der Waals surface area contributed by atoms with E-state index in [0.29, 0.717) is 9.52 Å². The first-order valence-electron chi connectivity index (χ1n) is 1.41. The lowest BCUT2D eigenvalue weighted by molar-refractivity contribution is 2.14. The summed E-state index contributed by atoms with van der Waals surface area (Å²) in [6.07, 6.45) is 0. The minimum atomic E-state index is 0. The molecule has 0 unspecified atom stereocenters. The summed E-state index contributed by atoms with van der Waals surface area (Å²) in [5.41, 5.74) is 0. The Bertz CT molecular complexity index is 6.00. The molecule has 0 rings (SSSR count). The second-order valence-electron chi connectivity index (χ2n) is 0.707. The van der Waals surface area contributed by atoms with Crippen LogP contribution < -0.4 is 0 Å². The Kier molecular flexibility index (Phi) is 20.0. The summed E-state index contributed by atoms with van der Waals surface area (Å²) in [5.74, 6) is 0. The molecule has 0 aliphatic carbocycles. The van der Waals surface area contributed by atoms with E-state index in [1.54, 1.807) is 0 Å². The third-order valence-electron chi connectivity index (χ3n) is 0. The zero-order valence-electron chi connectivity index (χ0n) is 3.41. The molecular formula is C2H8MgSi. The van der Waals surface area contributed by atoms with E-state index in [9.17, 15) is 0 Å². The number of hydrogen-bond donors (Lipinski definition) is 0. The van der Waals surface area contributed by atoms with Crippen molar-refractivity contribution in [2.24, 2.45) is 0 Å². The van der Waals surface area contributed by atoms with Crippen molar-refractivity contribution in [1.82, 2.24) is 0 Å². The van der Waals surface area contributed by atoms with Crippen molar-refractivity contribution in [3.05, 3.63) is 0 Å². The molecular weight excluding hydrogens is 76.4 g/mol. The lowest BCUT2D eigenvalue weighted by Gasteiger charge is -1.45. The highest BCUT2D eigenvalue weighted by Gasteiger charge is 1.38. The molecule has 0 fully saturated rings. The number of rotatable bonds is 0. The summed E-state index contributed by atoms with van der Waals surface area (Å²) in [5, 5.41) is 0. The zero-order chi connectivity index (χ0) is 2.71. The summed E-state index contributed by atoms with van der Waals surface area (Å²) in [6.45, 7) is 4.53. The highest BCUT2D eigenvalue weighted by molar-refractivity contribution is 6.31. The Hall–Kier alpha value is 0.983. The molecule has 0 N–H and O–H groups in total. The molecule has 0 saturated carbocycles. The third-order valence-corrected chi connectivity index (χ3v) is 0. The minimum Gasteiger partial charge on any atom is -0.0750 e. The van der Waals surface area contributed by atoms with Crippen LogP contribution in [0, 0.1) is 0 Å². The molecule has 0 aromatic carbocycles. The molecule has 0 aromatic heterocycles. The topological polar surface area (TPSA) is 0 Å². The van der Waals surface area contributed by atoms with E-state index in [1.165, 1.54) is 0 Å². The van der Waals surface area contributed by atoms with E-state index in [4.69, 9.17) is 0 Å². The van der Waals surface area contributed by atoms with Crippen LogP contribution in [0.1, 0.15) is 0 Å². The standard InChI is InChI=1S/C2H8Si.Mg/c1-3-2;/h3H2,1-2H3;. The van der Waals surface area contributed by atoms with Gasteiger partial charge in [0.05, 0.1) is 0 Å². The summed E-state index contributed by atoms with van der Waals surface area (Å²) in [4.78, 5) is 0. The maximum absolute atomic E-state index is 2.26. The van der Waals surface area contributed by atoms with Gasteiger partial charge in [-0.25, -0.2) is 0 Å². The summed E-state index contributed by atoms with van der Waals surface area (Å²) < 4.78 is 0. The SMILES string of the molecule is C[SiH2]C.[Mg]. The van der Waals surface area contributed by atoms with Gasteiger partial charge in [-0.2, -0.15) is 0 Å². The van der Waals surface area contributed by atoms with Gasteiger partial charge in [-0.15, -0.1) is 0 Å². The predicted molar refractivity (Wildman–Crippen MR) is 26.0 cm³/mol. The largest absolute Gasteiger partial charge is 0.0750 e. The van der Waals surface area contributed by atoms with Gasteiger partial charge in [0.25, 0.3) is 0 Å². The molecule has 22 valence electrons. The second kappa shape index (κ2) is 9.01. The normalized spacial score (nSPS) is 4.50. The third kappa shape index (κ3) is 12.1. The van der Waals surface area contributed by atoms with Crippen LogP contribution in [0.3, 0.4) is 0 Å². The Labute approximate surface area is 45.9 Å². The quantitative estimate of drug-likeness (QED) is 0.359. The maximum atomic E-state index is 2.26. The molecule has 0 spiro atoms. The van der Waals surface area contributed by atoms with Crippen molar-refractivity contribution in [2.75, 3.05) is 0 Å². The van der Waals surface area contributed by atoms with Gasteiger partial charge in [-0.05, 0) is 0 Å². The molecule has 0 aliphatic rings. The van der Waals surface area contributed by atoms with E-state index in [-0.39, 0.29) is 23.1 Å². The van der Waals surface area contributed by atoms with Gasteiger partial charge in [0.1, 0.15) is 0 Å². The van der Waals surface area contributed by atoms with Crippen molar-refractivity contribution in [3.63, 3.8) is 0 Å². The van der Waals surface area contributed by atoms with Gasteiger partial charge in [0.2, 0.25) is 0 Å². The fraction of sp³-hybridized carbons (Fsp3) is 1.00. The van der Waals surface area contributed by atoms with Gasteiger partial charge >= 0.3 is 0 Å². The van der Waals surface area contributed by atoms with Crippen LogP contribution in [0.15, 0.2) is 0 Å². The zero-order valence-corrected chi connectivity index (χ0v) is 6.24. The van der Waals surface area contributed by atoms with Gasteiger partial charge in [0.15, 0.2) is 0 Å². The maximum Gasteiger partial charge on any atom is 0.0135 e. The van der Waals surface area contributed by atoms with Crippen LogP contribution in [0.2, 0.25) is 13.1 Å². The molecule has 0 aromatic rings. The first-order chi connectivity index (χ1) is 1.41. The molecule has 2 radical (unpaired) electrons. The van der Waals surface area contributed by atoms with Crippen LogP contribution in [0.4, 0.5) is 0 Å². The van der Waals surface area contributed by atoms with E-state index >= 15 is 0 Å². The van der Waals surface area contributed by atoms with Crippen LogP contribution in [-0.4, -0.2) is 32.6 Å². The molecule has 0 aliphatic heterocycles. The van der Waals surface area contributed by atoms with Crippen molar-refractivity contribution in [1.29, 1.82) is 0 Å². The fourth-order valence-corrected chi connectivity index (χ4v) is 0. The minimum absolute atomic E-state index is 0. The van der Waals surface area contributed by atoms with E-state index in [0.717, 1.165) is 0 Å². The van der Waals surface area contributed by atoms with Crippen LogP contribution in [0.5, 0.6) is 0 Å². The van der Waals surface area contributed by atoms with Gasteiger partial charge in [-0.1, -0.05) is 13.1 Å². The fourth-order valence-electron chi connectivity index (χ4n) is 0. The monoisotopic (exact) mass is 84.0 g/mol. The van der Waals surface area contributed by atoms with Gasteiger partial charge in [0, 0.05) is 32.6 Å². The highest BCUT2D eigenvalue weighted by atomic mass is 28.2. The Morgan fingerprint density at radius 1 is 1.25 bits per heavy atom. The molecule has 0 atom stereocenters. The second-order valence-corrected chi connectivity index (χ2v) is 2.12. The van der Waals surface area contributed by atoms with Crippen molar-refractivity contribution in [2.45, 2.75) is 13.1 Å². The highest BCUT2D eigenvalue weighted by Crippen LogP contribution is 1.36. The van der Waals surface area contributed by atoms with Crippen molar-refractivity contribution in [3.8, 4) is 0 Å². The smallest absolute Gasteiger partial charge is 0.0135 e. The first-order valence-corrected chi connectivity index (χ1v) is 4.24. The molecule has 0 saturated heterocycles. The summed E-state index contributed by atoms with van der Waals surface area (Å²) >= 11 is 0. The van der Waals surface area contributed by atoms with Crippen molar-refractivity contribution >= 4 is 32.6 Å². The molecule has 0 nitrogen and oxygen atoms in total. The molecule has 2 heteroatoms. The van der Waals surface area contributed by atoms with Crippen LogP contribution in [-0.2, 0) is 0 Å². The van der Waals surface area contributed by atoms with Gasteiger partial charge < -0.3 is 0 Å². The van der Waals surface area contributed by atoms with Crippen LogP contribution in [0.25, 0.3) is 0 Å². The molecule has 0 bridgehead atoms. The Morgan fingerprint density at radius 3 is 1.25 bits per heavy atom. The first kappa shape index (κ1) is 8.88. The Morgan fingerprint density at radius 2 is 1.25 bits per heavy atom. The predicted octanol–water partition coefficient (Wildman–Crippen LogP) is -0.129. The van der Waals surface area contributed by atoms with Crippen molar-refractivity contribution < 1.29 is 0 Å². The van der Waals surface area contributed by atoms with E-state index in [2.05, 4.69) is 13.1 Å². The lowest BCUT2D eigenvalue weighted by Crippen LogP contribution is -1.53. The number of hydrogen-bond acceptors (Lipinski definition) is 0. The lowest BCUT2D eigenvalue weighted by atomic mass is 11.9. The van der Waals surface area contributed by atoms with E-state index in [1.807, 2.05) is 0 Å².